The van der Waals surface area contributed by atoms with Crippen molar-refractivity contribution in [3.05, 3.63) is 30.3 Å². The van der Waals surface area contributed by atoms with Gasteiger partial charge in [-0.15, -0.1) is 5.12 Å². The lowest BCUT2D eigenvalue weighted by Gasteiger charge is -2.10. The first-order valence-electron chi connectivity index (χ1n) is 4.71. The molecule has 0 N–H and O–H groups in total. The van der Waals surface area contributed by atoms with Gasteiger partial charge in [0.1, 0.15) is 0 Å². The molecule has 0 aromatic heterocycles. The number of para-hydroxylation sites is 1. The van der Waals surface area contributed by atoms with Gasteiger partial charge >= 0.3 is 0 Å². The van der Waals surface area contributed by atoms with Crippen molar-refractivity contribution in [2.45, 2.75) is 26.2 Å². The van der Waals surface area contributed by atoms with E-state index in [2.05, 4.69) is 6.07 Å². The lowest BCUT2D eigenvalue weighted by Crippen LogP contribution is -2.21. The standard InChI is InChI=1S/C11H13FNO/c1-2-3-9-11(14)13(12)10-7-5-4-6-8-10/h4-7H,2-3,9H2,1H3. The number of rotatable bonds is 4. The maximum Gasteiger partial charge on any atom is 0.255 e. The Kier molecular flexibility index (Phi) is 4.11. The number of unbranched alkanes of at least 4 members (excludes halogenated alkanes) is 1. The number of nitrogens with zero attached hydrogens (tertiary/aromatic N) is 1. The summed E-state index contributed by atoms with van der Waals surface area (Å²) in [6.07, 6.45) is 1.85. The predicted octanol–water partition coefficient (Wildman–Crippen LogP) is 2.89. The van der Waals surface area contributed by atoms with E-state index in [0.717, 1.165) is 6.42 Å². The van der Waals surface area contributed by atoms with E-state index in [1.165, 1.54) is 6.07 Å². The quantitative estimate of drug-likeness (QED) is 0.675. The molecule has 0 bridgehead atoms. The topological polar surface area (TPSA) is 20.3 Å². The number of carbonyl (C=O) groups is 1. The summed E-state index contributed by atoms with van der Waals surface area (Å²) in [6.45, 7) is 1.96. The molecule has 0 heterocycles. The second-order valence-electron chi connectivity index (χ2n) is 3.03. The molecule has 14 heavy (non-hydrogen) atoms. The molecule has 0 fully saturated rings. The van der Waals surface area contributed by atoms with Crippen LogP contribution in [0.25, 0.3) is 0 Å². The van der Waals surface area contributed by atoms with E-state index in [0.29, 0.717) is 6.42 Å². The van der Waals surface area contributed by atoms with Crippen LogP contribution in [0.3, 0.4) is 0 Å². The van der Waals surface area contributed by atoms with Crippen LogP contribution in [-0.4, -0.2) is 5.91 Å². The number of amides is 1. The first-order chi connectivity index (χ1) is 6.75. The van der Waals surface area contributed by atoms with Crippen LogP contribution in [0, 0.1) is 6.07 Å². The van der Waals surface area contributed by atoms with Gasteiger partial charge in [-0.3, -0.25) is 4.79 Å². The summed E-state index contributed by atoms with van der Waals surface area (Å²) in [7, 11) is 0. The molecule has 1 rings (SSSR count). The molecule has 1 aromatic rings. The minimum absolute atomic E-state index is 0.162. The molecule has 0 spiro atoms. The minimum Gasteiger partial charge on any atom is -0.272 e. The van der Waals surface area contributed by atoms with Crippen LogP contribution in [-0.2, 0) is 4.79 Å². The normalized spacial score (nSPS) is 9.86. The molecule has 75 valence electrons. The molecule has 0 aliphatic carbocycles. The van der Waals surface area contributed by atoms with Gasteiger partial charge in [-0.1, -0.05) is 36.0 Å². The molecule has 1 aromatic carbocycles. The van der Waals surface area contributed by atoms with Crippen molar-refractivity contribution in [2.75, 3.05) is 5.12 Å². The summed E-state index contributed by atoms with van der Waals surface area (Å²) in [4.78, 5) is 11.2. The maximum absolute atomic E-state index is 13.3. The van der Waals surface area contributed by atoms with E-state index in [-0.39, 0.29) is 17.2 Å². The Hall–Kier alpha value is -1.38. The second-order valence-corrected chi connectivity index (χ2v) is 3.03. The highest BCUT2D eigenvalue weighted by atomic mass is 19.2. The molecule has 0 aliphatic rings. The van der Waals surface area contributed by atoms with Gasteiger partial charge in [-0.2, -0.15) is 0 Å². The Morgan fingerprint density at radius 1 is 1.57 bits per heavy atom. The van der Waals surface area contributed by atoms with Gasteiger partial charge in [0.2, 0.25) is 0 Å². The van der Waals surface area contributed by atoms with Crippen LogP contribution in [0.5, 0.6) is 0 Å². The third-order valence-electron chi connectivity index (χ3n) is 1.87. The fourth-order valence-corrected chi connectivity index (χ4v) is 1.07. The molecule has 0 unspecified atom stereocenters. The number of anilines is 1. The summed E-state index contributed by atoms with van der Waals surface area (Å²) >= 11 is 0. The summed E-state index contributed by atoms with van der Waals surface area (Å²) in [5, 5.41) is 0.162. The monoisotopic (exact) mass is 194 g/mol. The van der Waals surface area contributed by atoms with E-state index in [1.54, 1.807) is 18.2 Å². The number of benzene rings is 1. The van der Waals surface area contributed by atoms with E-state index in [4.69, 9.17) is 0 Å². The summed E-state index contributed by atoms with van der Waals surface area (Å²) < 4.78 is 13.3. The zero-order valence-corrected chi connectivity index (χ0v) is 8.16. The number of hydrogen-bond donors (Lipinski definition) is 0. The van der Waals surface area contributed by atoms with Gasteiger partial charge in [0, 0.05) is 12.5 Å². The largest absolute Gasteiger partial charge is 0.272 e. The van der Waals surface area contributed by atoms with Crippen molar-refractivity contribution >= 4 is 11.6 Å². The van der Waals surface area contributed by atoms with Crippen LogP contribution in [0.4, 0.5) is 10.2 Å². The first-order valence-corrected chi connectivity index (χ1v) is 4.71. The molecule has 2 nitrogen and oxygen atoms in total. The van der Waals surface area contributed by atoms with Gasteiger partial charge in [0.25, 0.3) is 5.91 Å². The van der Waals surface area contributed by atoms with E-state index in [1.807, 2.05) is 6.92 Å². The van der Waals surface area contributed by atoms with E-state index in [9.17, 15) is 9.28 Å². The van der Waals surface area contributed by atoms with Crippen molar-refractivity contribution in [1.82, 2.24) is 0 Å². The summed E-state index contributed by atoms with van der Waals surface area (Å²) in [5.41, 5.74) is 0.175. The lowest BCUT2D eigenvalue weighted by atomic mass is 10.2. The van der Waals surface area contributed by atoms with Gasteiger partial charge in [-0.25, -0.2) is 0 Å². The molecule has 1 radical (unpaired) electrons. The number of hydrogen-bond acceptors (Lipinski definition) is 1. The molecule has 0 saturated heterocycles. The zero-order chi connectivity index (χ0) is 10.4. The fraction of sp³-hybridized carbons (Fsp3) is 0.364. The Bertz CT molecular complexity index is 287. The lowest BCUT2D eigenvalue weighted by molar-refractivity contribution is -0.121. The van der Waals surface area contributed by atoms with Crippen LogP contribution in [0.1, 0.15) is 26.2 Å². The minimum atomic E-state index is -0.505. The molecule has 1 amide bonds. The molecule has 0 aliphatic heterocycles. The van der Waals surface area contributed by atoms with Crippen molar-refractivity contribution in [1.29, 1.82) is 0 Å². The fourth-order valence-electron chi connectivity index (χ4n) is 1.07. The zero-order valence-electron chi connectivity index (χ0n) is 8.16. The predicted molar refractivity (Wildman–Crippen MR) is 53.4 cm³/mol. The van der Waals surface area contributed by atoms with Gasteiger partial charge in [-0.05, 0) is 12.5 Å². The Labute approximate surface area is 83.3 Å². The van der Waals surface area contributed by atoms with Crippen molar-refractivity contribution < 1.29 is 9.28 Å². The average Bonchev–Trinajstić information content (AvgIpc) is 2.26. The second kappa shape index (κ2) is 5.37. The number of halogens is 1. The van der Waals surface area contributed by atoms with Gasteiger partial charge in [0.05, 0.1) is 5.69 Å². The van der Waals surface area contributed by atoms with Crippen molar-refractivity contribution in [3.8, 4) is 0 Å². The maximum atomic E-state index is 13.3. The highest BCUT2D eigenvalue weighted by Gasteiger charge is 2.13. The Morgan fingerprint density at radius 3 is 2.93 bits per heavy atom. The Balaban J connectivity index is 2.57. The van der Waals surface area contributed by atoms with E-state index >= 15 is 0 Å². The number of carbonyl (C=O) groups excluding carboxylic acids is 1. The van der Waals surface area contributed by atoms with Crippen LogP contribution in [0.2, 0.25) is 0 Å². The SMILES string of the molecule is CCCCC(=O)N(F)c1[c]cccc1. The third kappa shape index (κ3) is 2.83. The Morgan fingerprint density at radius 2 is 2.36 bits per heavy atom. The molecule has 3 heteroatoms. The molecular weight excluding hydrogens is 181 g/mol. The van der Waals surface area contributed by atoms with E-state index < -0.39 is 5.91 Å². The smallest absolute Gasteiger partial charge is 0.255 e. The van der Waals surface area contributed by atoms with Crippen LogP contribution in [0.15, 0.2) is 24.3 Å². The van der Waals surface area contributed by atoms with Crippen LogP contribution >= 0.6 is 0 Å². The molecular formula is C11H13FNO. The molecule has 0 saturated carbocycles. The average molecular weight is 194 g/mol. The van der Waals surface area contributed by atoms with Crippen molar-refractivity contribution in [3.63, 3.8) is 0 Å². The molecule has 0 atom stereocenters. The first kappa shape index (κ1) is 10.7. The third-order valence-corrected chi connectivity index (χ3v) is 1.87. The van der Waals surface area contributed by atoms with Gasteiger partial charge < -0.3 is 0 Å². The van der Waals surface area contributed by atoms with Crippen molar-refractivity contribution in [2.24, 2.45) is 0 Å². The van der Waals surface area contributed by atoms with Crippen LogP contribution < -0.4 is 5.12 Å². The highest BCUT2D eigenvalue weighted by molar-refractivity contribution is 5.90. The summed E-state index contributed by atoms with van der Waals surface area (Å²) in [5.74, 6) is -0.505. The highest BCUT2D eigenvalue weighted by Crippen LogP contribution is 2.14. The summed E-state index contributed by atoms with van der Waals surface area (Å²) in [6, 6.07) is 9.15. The van der Waals surface area contributed by atoms with Gasteiger partial charge in [0.15, 0.2) is 0 Å².